The van der Waals surface area contributed by atoms with Crippen molar-refractivity contribution in [3.63, 3.8) is 0 Å². The Morgan fingerprint density at radius 1 is 1.29 bits per heavy atom. The smallest absolute Gasteiger partial charge is 0.189 e. The molecule has 1 aliphatic heterocycles. The molecule has 3 N–H and O–H groups in total. The third-order valence-corrected chi connectivity index (χ3v) is 4.34. The molecule has 24 heavy (non-hydrogen) atoms. The normalized spacial score (nSPS) is 17.1. The molecular formula is C18H19ClFN3O. The van der Waals surface area contributed by atoms with E-state index in [2.05, 4.69) is 10.3 Å². The largest absolute Gasteiger partial charge is 0.493 e. The van der Waals surface area contributed by atoms with Crippen molar-refractivity contribution in [2.75, 3.05) is 13.2 Å². The molecular weight excluding hydrogens is 329 g/mol. The maximum Gasteiger partial charge on any atom is 0.189 e. The molecule has 0 saturated heterocycles. The first-order chi connectivity index (χ1) is 11.6. The quantitative estimate of drug-likeness (QED) is 0.658. The summed E-state index contributed by atoms with van der Waals surface area (Å²) in [7, 11) is 0. The monoisotopic (exact) mass is 347 g/mol. The van der Waals surface area contributed by atoms with Crippen LogP contribution in [0.3, 0.4) is 0 Å². The average molecular weight is 348 g/mol. The molecule has 1 atom stereocenters. The first kappa shape index (κ1) is 16.6. The fraction of sp³-hybridized carbons (Fsp3) is 0.278. The predicted molar refractivity (Wildman–Crippen MR) is 94.0 cm³/mol. The molecule has 1 unspecified atom stereocenters. The SMILES string of the molecule is NC(=NCCc1c(F)cccc1Cl)NC1CCOc2ccccc21. The van der Waals surface area contributed by atoms with Gasteiger partial charge in [-0.15, -0.1) is 0 Å². The summed E-state index contributed by atoms with van der Waals surface area (Å²) in [6.45, 7) is 0.997. The highest BCUT2D eigenvalue weighted by atomic mass is 35.5. The van der Waals surface area contributed by atoms with Gasteiger partial charge in [0.15, 0.2) is 5.96 Å². The summed E-state index contributed by atoms with van der Waals surface area (Å²) in [6.07, 6.45) is 1.21. The van der Waals surface area contributed by atoms with E-state index >= 15 is 0 Å². The van der Waals surface area contributed by atoms with Gasteiger partial charge in [0.2, 0.25) is 0 Å². The zero-order chi connectivity index (χ0) is 16.9. The molecule has 0 saturated carbocycles. The molecule has 126 valence electrons. The van der Waals surface area contributed by atoms with Gasteiger partial charge in [-0.05, 0) is 24.6 Å². The summed E-state index contributed by atoms with van der Waals surface area (Å²) in [6, 6.07) is 12.6. The number of nitrogens with two attached hydrogens (primary N) is 1. The Bertz CT molecular complexity index is 731. The van der Waals surface area contributed by atoms with Crippen molar-refractivity contribution in [1.82, 2.24) is 5.32 Å². The van der Waals surface area contributed by atoms with Gasteiger partial charge in [0, 0.05) is 29.1 Å². The second kappa shape index (κ2) is 7.53. The second-order valence-electron chi connectivity index (χ2n) is 5.59. The standard InChI is InChI=1S/C18H19ClFN3O/c19-14-5-3-6-15(20)12(14)8-10-22-18(21)23-16-9-11-24-17-7-2-1-4-13(16)17/h1-7,16H,8-11H2,(H3,21,22,23). The molecule has 0 amide bonds. The first-order valence-electron chi connectivity index (χ1n) is 7.86. The summed E-state index contributed by atoms with van der Waals surface area (Å²) in [5, 5.41) is 3.62. The fourth-order valence-electron chi connectivity index (χ4n) is 2.78. The molecule has 6 heteroatoms. The van der Waals surface area contributed by atoms with Crippen LogP contribution in [-0.2, 0) is 6.42 Å². The Labute approximate surface area is 145 Å². The van der Waals surface area contributed by atoms with Crippen molar-refractivity contribution in [1.29, 1.82) is 0 Å². The van der Waals surface area contributed by atoms with E-state index in [0.717, 1.165) is 17.7 Å². The number of halogens is 2. The number of aliphatic imine (C=N–C) groups is 1. The van der Waals surface area contributed by atoms with Crippen molar-refractivity contribution in [3.8, 4) is 5.75 Å². The van der Waals surface area contributed by atoms with Gasteiger partial charge >= 0.3 is 0 Å². The molecule has 4 nitrogen and oxygen atoms in total. The first-order valence-corrected chi connectivity index (χ1v) is 8.24. The van der Waals surface area contributed by atoms with Crippen molar-refractivity contribution < 1.29 is 9.13 Å². The molecule has 2 aromatic carbocycles. The van der Waals surface area contributed by atoms with Crippen LogP contribution < -0.4 is 15.8 Å². The number of hydrogen-bond acceptors (Lipinski definition) is 2. The van der Waals surface area contributed by atoms with E-state index in [4.69, 9.17) is 22.1 Å². The van der Waals surface area contributed by atoms with Gasteiger partial charge < -0.3 is 15.8 Å². The lowest BCUT2D eigenvalue weighted by atomic mass is 10.0. The zero-order valence-corrected chi connectivity index (χ0v) is 13.9. The van der Waals surface area contributed by atoms with E-state index < -0.39 is 0 Å². The summed E-state index contributed by atoms with van der Waals surface area (Å²) in [4.78, 5) is 4.29. The Morgan fingerprint density at radius 2 is 2.12 bits per heavy atom. The lowest BCUT2D eigenvalue weighted by molar-refractivity contribution is 0.262. The van der Waals surface area contributed by atoms with Crippen LogP contribution in [0.2, 0.25) is 5.02 Å². The minimum Gasteiger partial charge on any atom is -0.493 e. The van der Waals surface area contributed by atoms with Gasteiger partial charge in [0.05, 0.1) is 12.6 Å². The van der Waals surface area contributed by atoms with Crippen LogP contribution in [0.25, 0.3) is 0 Å². The molecule has 3 rings (SSSR count). The summed E-state index contributed by atoms with van der Waals surface area (Å²) in [5.41, 5.74) is 7.51. The lowest BCUT2D eigenvalue weighted by Gasteiger charge is -2.26. The Kier molecular flexibility index (Phi) is 5.20. The van der Waals surface area contributed by atoms with Crippen LogP contribution in [0.5, 0.6) is 5.75 Å². The highest BCUT2D eigenvalue weighted by Gasteiger charge is 2.21. The van der Waals surface area contributed by atoms with E-state index in [1.165, 1.54) is 6.07 Å². The maximum absolute atomic E-state index is 13.7. The fourth-order valence-corrected chi connectivity index (χ4v) is 3.03. The van der Waals surface area contributed by atoms with Gasteiger partial charge in [-0.2, -0.15) is 0 Å². The molecule has 0 spiro atoms. The second-order valence-corrected chi connectivity index (χ2v) is 6.00. The Hall–Kier alpha value is -2.27. The van der Waals surface area contributed by atoms with E-state index in [1.807, 2.05) is 24.3 Å². The Morgan fingerprint density at radius 3 is 2.96 bits per heavy atom. The number of fused-ring (bicyclic) bond motifs is 1. The van der Waals surface area contributed by atoms with Gasteiger partial charge in [-0.1, -0.05) is 35.9 Å². The highest BCUT2D eigenvalue weighted by molar-refractivity contribution is 6.31. The molecule has 0 radical (unpaired) electrons. The van der Waals surface area contributed by atoms with E-state index in [1.54, 1.807) is 12.1 Å². The minimum atomic E-state index is -0.317. The van der Waals surface area contributed by atoms with Gasteiger partial charge in [-0.25, -0.2) is 4.39 Å². The third-order valence-electron chi connectivity index (χ3n) is 3.99. The third kappa shape index (κ3) is 3.79. The van der Waals surface area contributed by atoms with Crippen LogP contribution in [-0.4, -0.2) is 19.1 Å². The molecule has 0 aliphatic carbocycles. The molecule has 0 fully saturated rings. The number of hydrogen-bond donors (Lipinski definition) is 2. The predicted octanol–water partition coefficient (Wildman–Crippen LogP) is 3.45. The number of rotatable bonds is 4. The maximum atomic E-state index is 13.7. The van der Waals surface area contributed by atoms with Crippen molar-refractivity contribution >= 4 is 17.6 Å². The van der Waals surface area contributed by atoms with E-state index in [0.29, 0.717) is 36.1 Å². The van der Waals surface area contributed by atoms with Crippen molar-refractivity contribution in [3.05, 3.63) is 64.4 Å². The van der Waals surface area contributed by atoms with Crippen LogP contribution in [0, 0.1) is 5.82 Å². The Balaban J connectivity index is 1.61. The molecule has 0 aromatic heterocycles. The highest BCUT2D eigenvalue weighted by Crippen LogP contribution is 2.31. The van der Waals surface area contributed by atoms with Gasteiger partial charge in [0.1, 0.15) is 11.6 Å². The number of guanidine groups is 1. The van der Waals surface area contributed by atoms with E-state index in [9.17, 15) is 4.39 Å². The lowest BCUT2D eigenvalue weighted by Crippen LogP contribution is -2.37. The molecule has 0 bridgehead atoms. The molecule has 1 heterocycles. The molecule has 2 aromatic rings. The van der Waals surface area contributed by atoms with Crippen LogP contribution in [0.4, 0.5) is 4.39 Å². The topological polar surface area (TPSA) is 59.6 Å². The average Bonchev–Trinajstić information content (AvgIpc) is 2.58. The number of para-hydroxylation sites is 1. The minimum absolute atomic E-state index is 0.0655. The summed E-state index contributed by atoms with van der Waals surface area (Å²) in [5.74, 6) is 0.888. The summed E-state index contributed by atoms with van der Waals surface area (Å²) < 4.78 is 19.3. The van der Waals surface area contributed by atoms with Gasteiger partial charge in [-0.3, -0.25) is 4.99 Å². The zero-order valence-electron chi connectivity index (χ0n) is 13.1. The number of ether oxygens (including phenoxy) is 1. The van der Waals surface area contributed by atoms with Crippen LogP contribution in [0.15, 0.2) is 47.5 Å². The van der Waals surface area contributed by atoms with Crippen LogP contribution in [0.1, 0.15) is 23.6 Å². The summed E-state index contributed by atoms with van der Waals surface area (Å²) >= 11 is 6.01. The molecule has 1 aliphatic rings. The van der Waals surface area contributed by atoms with E-state index in [-0.39, 0.29) is 11.9 Å². The van der Waals surface area contributed by atoms with Crippen molar-refractivity contribution in [2.24, 2.45) is 10.7 Å². The number of nitrogens with zero attached hydrogens (tertiary/aromatic N) is 1. The van der Waals surface area contributed by atoms with Crippen molar-refractivity contribution in [2.45, 2.75) is 18.9 Å². The van der Waals surface area contributed by atoms with Crippen LogP contribution >= 0.6 is 11.6 Å². The number of benzene rings is 2. The van der Waals surface area contributed by atoms with Gasteiger partial charge in [0.25, 0.3) is 0 Å². The number of nitrogens with one attached hydrogen (secondary N) is 1.